The number of thiophene rings is 1. The summed E-state index contributed by atoms with van der Waals surface area (Å²) in [7, 11) is 0. The van der Waals surface area contributed by atoms with Crippen LogP contribution < -0.4 is 5.32 Å². The maximum absolute atomic E-state index is 6.08. The van der Waals surface area contributed by atoms with Crippen molar-refractivity contribution < 1.29 is 0 Å². The number of halogens is 3. The Morgan fingerprint density at radius 1 is 1.30 bits per heavy atom. The molecule has 0 fully saturated rings. The monoisotopic (exact) mass is 435 g/mol. The molecule has 0 aliphatic carbocycles. The van der Waals surface area contributed by atoms with E-state index in [2.05, 4.69) is 56.2 Å². The predicted molar refractivity (Wildman–Crippen MR) is 95.9 cm³/mol. The van der Waals surface area contributed by atoms with E-state index in [9.17, 15) is 0 Å². The largest absolute Gasteiger partial charge is 0.309 e. The second kappa shape index (κ2) is 7.95. The SMILES string of the molecule is CCCNC(Cc1cccc(Cl)c1)c1cc(Br)c(Br)s1. The van der Waals surface area contributed by atoms with Gasteiger partial charge in [-0.15, -0.1) is 11.3 Å². The van der Waals surface area contributed by atoms with Crippen molar-refractivity contribution in [1.82, 2.24) is 5.32 Å². The molecule has 1 unspecified atom stereocenters. The molecule has 5 heteroatoms. The minimum absolute atomic E-state index is 0.320. The average Bonchev–Trinajstić information content (AvgIpc) is 2.74. The van der Waals surface area contributed by atoms with Gasteiger partial charge in [-0.1, -0.05) is 30.7 Å². The summed E-state index contributed by atoms with van der Waals surface area (Å²) in [6, 6.07) is 10.6. The van der Waals surface area contributed by atoms with Crippen LogP contribution in [0.5, 0.6) is 0 Å². The number of hydrogen-bond donors (Lipinski definition) is 1. The molecule has 1 aromatic heterocycles. The molecule has 0 aliphatic heterocycles. The molecule has 1 aromatic carbocycles. The summed E-state index contributed by atoms with van der Waals surface area (Å²) in [4.78, 5) is 1.33. The smallest absolute Gasteiger partial charge is 0.0843 e. The first-order valence-electron chi connectivity index (χ1n) is 6.52. The highest BCUT2D eigenvalue weighted by atomic mass is 79.9. The highest BCUT2D eigenvalue weighted by Gasteiger charge is 2.16. The van der Waals surface area contributed by atoms with Gasteiger partial charge in [0, 0.05) is 20.4 Å². The van der Waals surface area contributed by atoms with Crippen molar-refractivity contribution in [2.45, 2.75) is 25.8 Å². The fourth-order valence-electron chi connectivity index (χ4n) is 2.03. The number of nitrogens with one attached hydrogen (secondary N) is 1. The Hall–Kier alpha value is 0.130. The van der Waals surface area contributed by atoms with E-state index in [1.165, 1.54) is 10.4 Å². The van der Waals surface area contributed by atoms with Crippen molar-refractivity contribution in [2.75, 3.05) is 6.54 Å². The zero-order chi connectivity index (χ0) is 14.5. The van der Waals surface area contributed by atoms with E-state index in [1.807, 2.05) is 18.2 Å². The quantitative estimate of drug-likeness (QED) is 0.566. The molecule has 0 aliphatic rings. The first kappa shape index (κ1) is 16.5. The van der Waals surface area contributed by atoms with E-state index < -0.39 is 0 Å². The predicted octanol–water partition coefficient (Wildman–Crippen LogP) is 6.21. The second-order valence-corrected chi connectivity index (χ2v) is 8.30. The minimum atomic E-state index is 0.320. The zero-order valence-electron chi connectivity index (χ0n) is 11.1. The number of hydrogen-bond acceptors (Lipinski definition) is 2. The van der Waals surface area contributed by atoms with Crippen molar-refractivity contribution in [3.63, 3.8) is 0 Å². The Bertz CT molecular complexity index is 551. The third-order valence-electron chi connectivity index (χ3n) is 2.98. The average molecular weight is 438 g/mol. The molecule has 2 aromatic rings. The van der Waals surface area contributed by atoms with E-state index in [-0.39, 0.29) is 0 Å². The first-order valence-corrected chi connectivity index (χ1v) is 9.30. The molecule has 0 amide bonds. The molecule has 0 spiro atoms. The summed E-state index contributed by atoms with van der Waals surface area (Å²) in [5.41, 5.74) is 1.26. The van der Waals surface area contributed by atoms with Crippen molar-refractivity contribution in [2.24, 2.45) is 0 Å². The van der Waals surface area contributed by atoms with Gasteiger partial charge in [0.1, 0.15) is 0 Å². The lowest BCUT2D eigenvalue weighted by molar-refractivity contribution is 0.536. The summed E-state index contributed by atoms with van der Waals surface area (Å²) >= 11 is 15.0. The minimum Gasteiger partial charge on any atom is -0.309 e. The summed E-state index contributed by atoms with van der Waals surface area (Å²) in [5.74, 6) is 0. The van der Waals surface area contributed by atoms with Crippen molar-refractivity contribution in [3.8, 4) is 0 Å². The molecular weight excluding hydrogens is 422 g/mol. The van der Waals surface area contributed by atoms with Gasteiger partial charge in [0.2, 0.25) is 0 Å². The van der Waals surface area contributed by atoms with E-state index in [4.69, 9.17) is 11.6 Å². The fourth-order valence-corrected chi connectivity index (χ4v) is 4.40. The second-order valence-electron chi connectivity index (χ2n) is 4.61. The standard InChI is InChI=1S/C15H16Br2ClNS/c1-2-6-19-13(14-9-12(16)15(17)20-14)8-10-4-3-5-11(18)7-10/h3-5,7,9,13,19H,2,6,8H2,1H3. The Morgan fingerprint density at radius 3 is 2.70 bits per heavy atom. The topological polar surface area (TPSA) is 12.0 Å². The molecule has 20 heavy (non-hydrogen) atoms. The highest BCUT2D eigenvalue weighted by Crippen LogP contribution is 2.36. The van der Waals surface area contributed by atoms with Crippen LogP contribution in [0.2, 0.25) is 5.02 Å². The van der Waals surface area contributed by atoms with Crippen LogP contribution in [0.4, 0.5) is 0 Å². The lowest BCUT2D eigenvalue weighted by atomic mass is 10.0. The summed E-state index contributed by atoms with van der Waals surface area (Å²) in [6.45, 7) is 3.20. The Labute approximate surface area is 146 Å². The van der Waals surface area contributed by atoms with Crippen molar-refractivity contribution in [1.29, 1.82) is 0 Å². The van der Waals surface area contributed by atoms with Gasteiger partial charge in [-0.05, 0) is 75.0 Å². The van der Waals surface area contributed by atoms with Gasteiger partial charge in [-0.3, -0.25) is 0 Å². The van der Waals surface area contributed by atoms with E-state index >= 15 is 0 Å². The maximum Gasteiger partial charge on any atom is 0.0843 e. The molecule has 1 atom stereocenters. The van der Waals surface area contributed by atoms with E-state index in [0.717, 1.165) is 32.7 Å². The fraction of sp³-hybridized carbons (Fsp3) is 0.333. The molecule has 2 rings (SSSR count). The van der Waals surface area contributed by atoms with Crippen LogP contribution in [-0.4, -0.2) is 6.54 Å². The van der Waals surface area contributed by atoms with Crippen LogP contribution in [0.15, 0.2) is 38.6 Å². The molecule has 0 bridgehead atoms. The third kappa shape index (κ3) is 4.57. The van der Waals surface area contributed by atoms with Gasteiger partial charge >= 0.3 is 0 Å². The van der Waals surface area contributed by atoms with Gasteiger partial charge < -0.3 is 5.32 Å². The molecular formula is C15H16Br2ClNS. The molecule has 1 nitrogen and oxygen atoms in total. The lowest BCUT2D eigenvalue weighted by Crippen LogP contribution is -2.23. The van der Waals surface area contributed by atoms with E-state index in [1.54, 1.807) is 11.3 Å². The summed E-state index contributed by atoms with van der Waals surface area (Å²) in [6.07, 6.45) is 2.07. The Kier molecular flexibility index (Phi) is 6.56. The number of benzene rings is 1. The van der Waals surface area contributed by atoms with Crippen LogP contribution in [0.25, 0.3) is 0 Å². The van der Waals surface area contributed by atoms with E-state index in [0.29, 0.717) is 6.04 Å². The maximum atomic E-state index is 6.08. The van der Waals surface area contributed by atoms with Gasteiger partial charge in [-0.2, -0.15) is 0 Å². The molecule has 1 heterocycles. The van der Waals surface area contributed by atoms with Crippen LogP contribution in [-0.2, 0) is 6.42 Å². The molecule has 0 saturated carbocycles. The summed E-state index contributed by atoms with van der Waals surface area (Å²) < 4.78 is 2.26. The zero-order valence-corrected chi connectivity index (χ0v) is 15.9. The van der Waals surface area contributed by atoms with Crippen LogP contribution in [0.3, 0.4) is 0 Å². The Balaban J connectivity index is 2.19. The third-order valence-corrected chi connectivity index (χ3v) is 6.58. The highest BCUT2D eigenvalue weighted by molar-refractivity contribution is 9.13. The van der Waals surface area contributed by atoms with Gasteiger partial charge in [0.25, 0.3) is 0 Å². The lowest BCUT2D eigenvalue weighted by Gasteiger charge is -2.17. The van der Waals surface area contributed by atoms with Crippen LogP contribution in [0, 0.1) is 0 Å². The molecule has 108 valence electrons. The first-order chi connectivity index (χ1) is 9.60. The summed E-state index contributed by atoms with van der Waals surface area (Å²) in [5, 5.41) is 4.42. The molecule has 1 N–H and O–H groups in total. The van der Waals surface area contributed by atoms with Crippen molar-refractivity contribution in [3.05, 3.63) is 54.1 Å². The van der Waals surface area contributed by atoms with Gasteiger partial charge in [-0.25, -0.2) is 0 Å². The Morgan fingerprint density at radius 2 is 2.10 bits per heavy atom. The van der Waals surface area contributed by atoms with Gasteiger partial charge in [0.05, 0.1) is 3.79 Å². The normalized spacial score (nSPS) is 12.6. The van der Waals surface area contributed by atoms with Crippen LogP contribution in [0.1, 0.15) is 29.8 Å². The van der Waals surface area contributed by atoms with Crippen molar-refractivity contribution >= 4 is 54.8 Å². The molecule has 0 radical (unpaired) electrons. The molecule has 0 saturated heterocycles. The number of rotatable bonds is 6. The van der Waals surface area contributed by atoms with Gasteiger partial charge in [0.15, 0.2) is 0 Å². The van der Waals surface area contributed by atoms with Crippen LogP contribution >= 0.6 is 54.8 Å².